The number of benzene rings is 1. The van der Waals surface area contributed by atoms with Gasteiger partial charge in [0.25, 0.3) is 11.8 Å². The van der Waals surface area contributed by atoms with Crippen molar-refractivity contribution in [3.05, 3.63) is 71.7 Å². The zero-order chi connectivity index (χ0) is 19.1. The van der Waals surface area contributed by atoms with E-state index in [1.165, 1.54) is 6.20 Å². The first-order valence-electron chi connectivity index (χ1n) is 7.76. The first-order valence-corrected chi connectivity index (χ1v) is 7.76. The van der Waals surface area contributed by atoms with Crippen LogP contribution < -0.4 is 16.8 Å². The van der Waals surface area contributed by atoms with Crippen LogP contribution in [0.2, 0.25) is 0 Å². The fourth-order valence-electron chi connectivity index (χ4n) is 2.37. The summed E-state index contributed by atoms with van der Waals surface area (Å²) < 4.78 is 0. The van der Waals surface area contributed by atoms with E-state index in [2.05, 4.69) is 10.3 Å². The van der Waals surface area contributed by atoms with Crippen LogP contribution in [-0.4, -0.2) is 34.3 Å². The second kappa shape index (κ2) is 8.43. The summed E-state index contributed by atoms with van der Waals surface area (Å²) in [6.45, 7) is 0. The molecule has 0 aliphatic heterocycles. The number of aromatic nitrogens is 1. The van der Waals surface area contributed by atoms with E-state index in [0.717, 1.165) is 11.8 Å². The number of nitrogens with two attached hydrogens (primary N) is 2. The molecule has 1 heterocycles. The molecule has 8 nitrogen and oxygen atoms in total. The number of nitrogens with one attached hydrogen (secondary N) is 3. The van der Waals surface area contributed by atoms with Crippen LogP contribution in [0.5, 0.6) is 0 Å². The zero-order valence-electron chi connectivity index (χ0n) is 13.9. The summed E-state index contributed by atoms with van der Waals surface area (Å²) >= 11 is 0. The van der Waals surface area contributed by atoms with E-state index in [1.807, 2.05) is 0 Å². The molecule has 1 aromatic heterocycles. The second-order valence-corrected chi connectivity index (χ2v) is 5.50. The Morgan fingerprint density at radius 3 is 2.42 bits per heavy atom. The quantitative estimate of drug-likeness (QED) is 0.257. The Balaban J connectivity index is 2.20. The topological polar surface area (TPSA) is 155 Å². The molecular formula is C18H19N5O3. The standard InChI is InChI=1S/C18H19N5O3/c19-9-13(15(20)12-6-7-22-10-12)18(26)23-14(16(24)17(21)25)8-11-4-2-1-3-5-11/h1-7,9-10,14,20,22H,8,19H2,(H2,21,25)(H,23,26)/b13-9+,20-15?. The largest absolute Gasteiger partial charge is 0.404 e. The van der Waals surface area contributed by atoms with Gasteiger partial charge in [-0.1, -0.05) is 30.3 Å². The van der Waals surface area contributed by atoms with Gasteiger partial charge in [-0.05, 0) is 11.6 Å². The van der Waals surface area contributed by atoms with Crippen LogP contribution in [0, 0.1) is 5.41 Å². The number of H-pyrrole nitrogens is 1. The summed E-state index contributed by atoms with van der Waals surface area (Å²) in [6, 6.07) is 9.32. The lowest BCUT2D eigenvalue weighted by molar-refractivity contribution is -0.138. The number of Topliss-reactive ketones (excluding diaryl/α,β-unsaturated/α-hetero) is 1. The number of ketones is 1. The van der Waals surface area contributed by atoms with Gasteiger partial charge in [0.1, 0.15) is 6.04 Å². The summed E-state index contributed by atoms with van der Waals surface area (Å²) in [5.41, 5.74) is 11.5. The molecule has 0 bridgehead atoms. The Morgan fingerprint density at radius 2 is 1.88 bits per heavy atom. The normalized spacial score (nSPS) is 12.2. The molecule has 26 heavy (non-hydrogen) atoms. The molecule has 0 aliphatic carbocycles. The Morgan fingerprint density at radius 1 is 1.19 bits per heavy atom. The Hall–Kier alpha value is -3.68. The number of primary amides is 1. The highest BCUT2D eigenvalue weighted by molar-refractivity contribution is 6.38. The van der Waals surface area contributed by atoms with E-state index in [-0.39, 0.29) is 17.7 Å². The lowest BCUT2D eigenvalue weighted by atomic mass is 10.00. The van der Waals surface area contributed by atoms with Gasteiger partial charge in [-0.15, -0.1) is 0 Å². The highest BCUT2D eigenvalue weighted by atomic mass is 16.2. The van der Waals surface area contributed by atoms with Gasteiger partial charge in [-0.3, -0.25) is 19.8 Å². The van der Waals surface area contributed by atoms with Crippen molar-refractivity contribution in [3.63, 3.8) is 0 Å². The molecule has 0 saturated heterocycles. The first-order chi connectivity index (χ1) is 12.4. The van der Waals surface area contributed by atoms with Gasteiger partial charge in [0.15, 0.2) is 0 Å². The molecule has 1 unspecified atom stereocenters. The first kappa shape index (κ1) is 18.7. The molecule has 1 aromatic carbocycles. The summed E-state index contributed by atoms with van der Waals surface area (Å²) in [5, 5.41) is 10.5. The van der Waals surface area contributed by atoms with Crippen molar-refractivity contribution in [1.82, 2.24) is 10.3 Å². The third kappa shape index (κ3) is 4.44. The van der Waals surface area contributed by atoms with Crippen molar-refractivity contribution < 1.29 is 14.4 Å². The minimum Gasteiger partial charge on any atom is -0.404 e. The number of hydrogen-bond donors (Lipinski definition) is 5. The molecule has 2 amide bonds. The van der Waals surface area contributed by atoms with Gasteiger partial charge in [0, 0.05) is 30.6 Å². The predicted octanol–water partition coefficient (Wildman–Crippen LogP) is 0.00707. The molecule has 0 fully saturated rings. The number of carbonyl (C=O) groups excluding carboxylic acids is 3. The second-order valence-electron chi connectivity index (χ2n) is 5.50. The van der Waals surface area contributed by atoms with E-state index in [0.29, 0.717) is 5.56 Å². The minimum atomic E-state index is -1.16. The number of rotatable bonds is 8. The fourth-order valence-corrected chi connectivity index (χ4v) is 2.37. The van der Waals surface area contributed by atoms with Gasteiger partial charge in [0.05, 0.1) is 11.3 Å². The van der Waals surface area contributed by atoms with Gasteiger partial charge >= 0.3 is 0 Å². The predicted molar refractivity (Wildman–Crippen MR) is 96.2 cm³/mol. The van der Waals surface area contributed by atoms with Crippen molar-refractivity contribution >= 4 is 23.3 Å². The molecule has 7 N–H and O–H groups in total. The molecule has 134 valence electrons. The number of aromatic amines is 1. The average molecular weight is 353 g/mol. The molecule has 0 spiro atoms. The van der Waals surface area contributed by atoms with Gasteiger partial charge in [-0.2, -0.15) is 0 Å². The number of carbonyl (C=O) groups is 3. The Kier molecular flexibility index (Phi) is 6.05. The summed E-state index contributed by atoms with van der Waals surface area (Å²) in [4.78, 5) is 38.7. The summed E-state index contributed by atoms with van der Waals surface area (Å²) in [5.74, 6) is -2.81. The van der Waals surface area contributed by atoms with Crippen LogP contribution in [0.15, 0.2) is 60.6 Å². The third-order valence-electron chi connectivity index (χ3n) is 3.71. The average Bonchev–Trinajstić information content (AvgIpc) is 3.16. The minimum absolute atomic E-state index is 0.0870. The summed E-state index contributed by atoms with van der Waals surface area (Å²) in [6.07, 6.45) is 4.21. The van der Waals surface area contributed by atoms with E-state index in [1.54, 1.807) is 42.6 Å². The van der Waals surface area contributed by atoms with Crippen LogP contribution in [-0.2, 0) is 20.8 Å². The fraction of sp³-hybridized carbons (Fsp3) is 0.111. The van der Waals surface area contributed by atoms with Crippen LogP contribution in [0.1, 0.15) is 11.1 Å². The maximum atomic E-state index is 12.5. The van der Waals surface area contributed by atoms with Gasteiger partial charge in [-0.25, -0.2) is 0 Å². The molecule has 0 saturated carbocycles. The molecular weight excluding hydrogens is 334 g/mol. The zero-order valence-corrected chi connectivity index (χ0v) is 13.9. The maximum absolute atomic E-state index is 12.5. The smallest absolute Gasteiger partial charge is 0.287 e. The number of hydrogen-bond acceptors (Lipinski definition) is 5. The molecule has 2 aromatic rings. The SMILES string of the molecule is N=C(/C(=C\N)C(=O)NC(Cc1ccccc1)C(=O)C(N)=O)c1cc[nH]c1. The third-order valence-corrected chi connectivity index (χ3v) is 3.71. The molecule has 1 atom stereocenters. The van der Waals surface area contributed by atoms with Crippen molar-refractivity contribution in [2.45, 2.75) is 12.5 Å². The van der Waals surface area contributed by atoms with E-state index < -0.39 is 23.6 Å². The van der Waals surface area contributed by atoms with Crippen LogP contribution in [0.4, 0.5) is 0 Å². The van der Waals surface area contributed by atoms with E-state index >= 15 is 0 Å². The van der Waals surface area contributed by atoms with Crippen molar-refractivity contribution in [1.29, 1.82) is 5.41 Å². The molecule has 8 heteroatoms. The highest BCUT2D eigenvalue weighted by Gasteiger charge is 2.27. The van der Waals surface area contributed by atoms with Crippen molar-refractivity contribution in [2.24, 2.45) is 11.5 Å². The maximum Gasteiger partial charge on any atom is 0.287 e. The molecule has 2 rings (SSSR count). The van der Waals surface area contributed by atoms with E-state index in [4.69, 9.17) is 16.9 Å². The van der Waals surface area contributed by atoms with Crippen LogP contribution in [0.25, 0.3) is 0 Å². The Labute approximate surface area is 149 Å². The molecule has 0 radical (unpaired) electrons. The van der Waals surface area contributed by atoms with Crippen molar-refractivity contribution in [3.8, 4) is 0 Å². The van der Waals surface area contributed by atoms with Gasteiger partial charge < -0.3 is 21.8 Å². The summed E-state index contributed by atoms with van der Waals surface area (Å²) in [7, 11) is 0. The lowest BCUT2D eigenvalue weighted by Gasteiger charge is -2.17. The van der Waals surface area contributed by atoms with Crippen molar-refractivity contribution in [2.75, 3.05) is 0 Å². The van der Waals surface area contributed by atoms with E-state index in [9.17, 15) is 14.4 Å². The molecule has 0 aliphatic rings. The lowest BCUT2D eigenvalue weighted by Crippen LogP contribution is -2.48. The van der Waals surface area contributed by atoms with Crippen LogP contribution in [0.3, 0.4) is 0 Å². The van der Waals surface area contributed by atoms with Gasteiger partial charge in [0.2, 0.25) is 5.78 Å². The van der Waals surface area contributed by atoms with Crippen LogP contribution >= 0.6 is 0 Å². The highest BCUT2D eigenvalue weighted by Crippen LogP contribution is 2.09. The number of amides is 2. The Bertz CT molecular complexity index is 841. The monoisotopic (exact) mass is 353 g/mol.